The maximum absolute atomic E-state index is 13.0. The molecule has 1 saturated heterocycles. The van der Waals surface area contributed by atoms with Crippen molar-refractivity contribution >= 4 is 28.0 Å². The van der Waals surface area contributed by atoms with E-state index in [2.05, 4.69) is 15.3 Å². The van der Waals surface area contributed by atoms with Crippen molar-refractivity contribution in [1.82, 2.24) is 14.5 Å². The number of nitrogens with one attached hydrogen (secondary N) is 1. The number of nitrogens with zero attached hydrogens (tertiary/aromatic N) is 5. The second-order valence-corrected chi connectivity index (χ2v) is 7.93. The lowest BCUT2D eigenvalue weighted by molar-refractivity contribution is -0.384. The Morgan fingerprint density at radius 3 is 2.62 bits per heavy atom. The topological polar surface area (TPSA) is 115 Å². The number of hydrogen-bond donors (Lipinski definition) is 1. The molecular weight excluding hydrogens is 457 g/mol. The summed E-state index contributed by atoms with van der Waals surface area (Å²) in [6.45, 7) is 1.61. The maximum atomic E-state index is 13.0. The molecule has 0 spiro atoms. The van der Waals surface area contributed by atoms with Crippen LogP contribution >= 0.6 is 0 Å². The number of ether oxygens (including phenoxy) is 1. The van der Waals surface area contributed by atoms with E-state index in [1.54, 1.807) is 14.0 Å². The van der Waals surface area contributed by atoms with Crippen LogP contribution in [0.4, 0.5) is 30.2 Å². The largest absolute Gasteiger partial charge is 0.416 e. The molecule has 3 aromatic rings. The minimum atomic E-state index is -4.46. The molecule has 0 radical (unpaired) electrons. The number of pyridine rings is 1. The zero-order valence-corrected chi connectivity index (χ0v) is 18.2. The van der Waals surface area contributed by atoms with Crippen molar-refractivity contribution < 1.29 is 22.8 Å². The van der Waals surface area contributed by atoms with Gasteiger partial charge in [-0.25, -0.2) is 9.97 Å². The number of morpholine rings is 1. The van der Waals surface area contributed by atoms with Gasteiger partial charge >= 0.3 is 6.18 Å². The van der Waals surface area contributed by atoms with Crippen molar-refractivity contribution in [2.75, 3.05) is 29.9 Å². The normalized spacial score (nSPS) is 17.6. The summed E-state index contributed by atoms with van der Waals surface area (Å²) in [6, 6.07) is 5.04. The molecule has 0 saturated carbocycles. The summed E-state index contributed by atoms with van der Waals surface area (Å²) in [5, 5.41) is 14.8. The molecule has 34 heavy (non-hydrogen) atoms. The van der Waals surface area contributed by atoms with Crippen LogP contribution in [0.2, 0.25) is 0 Å². The molecule has 2 unspecified atom stereocenters. The van der Waals surface area contributed by atoms with Crippen LogP contribution in [0.5, 0.6) is 0 Å². The molecule has 1 aromatic carbocycles. The molecular formula is C21H21F3N6O4. The molecule has 1 aliphatic heterocycles. The summed E-state index contributed by atoms with van der Waals surface area (Å²) >= 11 is 0. The lowest BCUT2D eigenvalue weighted by Crippen LogP contribution is -2.49. The number of alkyl halides is 3. The Balaban J connectivity index is 1.57. The Morgan fingerprint density at radius 1 is 1.26 bits per heavy atom. The summed E-state index contributed by atoms with van der Waals surface area (Å²) in [6.07, 6.45) is -3.46. The molecule has 13 heteroatoms. The standard InChI is InChI=1S/C21H21F3N6O4/c1-12(20-25-9-14(10-26-20)29-5-6-34-18(11-29)21(22,23)24)27-16-8-19(31)28(2)17-4-3-13(30(32)33)7-15(16)17/h3-4,7-10,12,18,27H,5-6,11H2,1-2H3. The van der Waals surface area contributed by atoms with Gasteiger partial charge in [-0.05, 0) is 13.0 Å². The van der Waals surface area contributed by atoms with Gasteiger partial charge in [0.25, 0.3) is 11.2 Å². The van der Waals surface area contributed by atoms with E-state index in [-0.39, 0.29) is 30.9 Å². The van der Waals surface area contributed by atoms with Crippen LogP contribution < -0.4 is 15.8 Å². The van der Waals surface area contributed by atoms with Gasteiger partial charge in [-0.2, -0.15) is 13.2 Å². The Hall–Kier alpha value is -3.74. The Kier molecular flexibility index (Phi) is 6.13. The van der Waals surface area contributed by atoms with Crippen LogP contribution in [0.1, 0.15) is 18.8 Å². The maximum Gasteiger partial charge on any atom is 0.416 e. The zero-order valence-electron chi connectivity index (χ0n) is 18.2. The molecule has 1 fully saturated rings. The highest BCUT2D eigenvalue weighted by Crippen LogP contribution is 2.30. The minimum Gasteiger partial charge on any atom is -0.375 e. The molecule has 1 aliphatic rings. The fraction of sp³-hybridized carbons (Fsp3) is 0.381. The van der Waals surface area contributed by atoms with Crippen molar-refractivity contribution in [2.24, 2.45) is 7.05 Å². The number of nitro groups is 1. The fourth-order valence-electron chi connectivity index (χ4n) is 3.78. The smallest absolute Gasteiger partial charge is 0.375 e. The van der Waals surface area contributed by atoms with Gasteiger partial charge in [-0.1, -0.05) is 0 Å². The van der Waals surface area contributed by atoms with E-state index < -0.39 is 23.2 Å². The van der Waals surface area contributed by atoms with Gasteiger partial charge in [0.05, 0.1) is 47.7 Å². The van der Waals surface area contributed by atoms with Crippen molar-refractivity contribution in [2.45, 2.75) is 25.2 Å². The Labute approximate surface area is 191 Å². The van der Waals surface area contributed by atoms with E-state index in [1.807, 2.05) is 0 Å². The molecule has 180 valence electrons. The lowest BCUT2D eigenvalue weighted by Gasteiger charge is -2.34. The van der Waals surface area contributed by atoms with Gasteiger partial charge in [0.15, 0.2) is 6.10 Å². The average molecular weight is 478 g/mol. The first kappa shape index (κ1) is 23.4. The SMILES string of the molecule is CC(Nc1cc(=O)n(C)c2ccc([N+](=O)[O-])cc12)c1ncc(N2CCOC(C(F)(F)F)C2)cn1. The third-order valence-electron chi connectivity index (χ3n) is 5.66. The summed E-state index contributed by atoms with van der Waals surface area (Å²) < 4.78 is 45.2. The third-order valence-corrected chi connectivity index (χ3v) is 5.66. The van der Waals surface area contributed by atoms with Crippen molar-refractivity contribution in [1.29, 1.82) is 0 Å². The number of aromatic nitrogens is 3. The molecule has 3 heterocycles. The van der Waals surface area contributed by atoms with Crippen LogP contribution in [0, 0.1) is 10.1 Å². The number of rotatable bonds is 5. The van der Waals surface area contributed by atoms with Crippen LogP contribution in [0.25, 0.3) is 10.9 Å². The first-order valence-corrected chi connectivity index (χ1v) is 10.3. The number of anilines is 2. The number of nitro benzene ring substituents is 1. The second kappa shape index (κ2) is 8.89. The van der Waals surface area contributed by atoms with Crippen molar-refractivity contribution in [3.8, 4) is 0 Å². The predicted octanol–water partition coefficient (Wildman–Crippen LogP) is 3.18. The molecule has 0 bridgehead atoms. The number of aryl methyl sites for hydroxylation is 1. The van der Waals surface area contributed by atoms with Crippen molar-refractivity contribution in [3.63, 3.8) is 0 Å². The van der Waals surface area contributed by atoms with Gasteiger partial charge in [-0.3, -0.25) is 14.9 Å². The highest BCUT2D eigenvalue weighted by atomic mass is 19.4. The van der Waals surface area contributed by atoms with Crippen LogP contribution in [-0.2, 0) is 11.8 Å². The van der Waals surface area contributed by atoms with Crippen LogP contribution in [0.3, 0.4) is 0 Å². The summed E-state index contributed by atoms with van der Waals surface area (Å²) in [5.74, 6) is 0.337. The number of fused-ring (bicyclic) bond motifs is 1. The number of hydrogen-bond acceptors (Lipinski definition) is 8. The van der Waals surface area contributed by atoms with E-state index in [0.29, 0.717) is 28.1 Å². The highest BCUT2D eigenvalue weighted by molar-refractivity contribution is 5.93. The molecule has 4 rings (SSSR count). The monoisotopic (exact) mass is 478 g/mol. The lowest BCUT2D eigenvalue weighted by atomic mass is 10.1. The summed E-state index contributed by atoms with van der Waals surface area (Å²) in [5.41, 5.74) is 0.894. The molecule has 1 N–H and O–H groups in total. The van der Waals surface area contributed by atoms with E-state index in [4.69, 9.17) is 4.74 Å². The highest BCUT2D eigenvalue weighted by Gasteiger charge is 2.43. The van der Waals surface area contributed by atoms with E-state index in [0.717, 1.165) is 0 Å². The minimum absolute atomic E-state index is 0.0634. The molecule has 0 aliphatic carbocycles. The van der Waals surface area contributed by atoms with E-state index in [1.165, 1.54) is 46.1 Å². The number of non-ortho nitro benzene ring substituents is 1. The zero-order chi connectivity index (χ0) is 24.6. The van der Waals surface area contributed by atoms with E-state index >= 15 is 0 Å². The van der Waals surface area contributed by atoms with Gasteiger partial charge in [0, 0.05) is 42.9 Å². The predicted molar refractivity (Wildman–Crippen MR) is 118 cm³/mol. The number of halogens is 3. The van der Waals surface area contributed by atoms with Gasteiger partial charge in [0.1, 0.15) is 5.82 Å². The molecule has 2 aromatic heterocycles. The summed E-state index contributed by atoms with van der Waals surface area (Å²) in [4.78, 5) is 33.1. The average Bonchev–Trinajstić information content (AvgIpc) is 2.81. The second-order valence-electron chi connectivity index (χ2n) is 7.93. The quantitative estimate of drug-likeness (QED) is 0.439. The first-order valence-electron chi connectivity index (χ1n) is 10.3. The number of benzene rings is 1. The first-order chi connectivity index (χ1) is 16.0. The van der Waals surface area contributed by atoms with Crippen molar-refractivity contribution in [3.05, 3.63) is 63.0 Å². The Morgan fingerprint density at radius 2 is 1.97 bits per heavy atom. The molecule has 0 amide bonds. The van der Waals surface area contributed by atoms with E-state index in [9.17, 15) is 28.1 Å². The van der Waals surface area contributed by atoms with Gasteiger partial charge in [0.2, 0.25) is 0 Å². The van der Waals surface area contributed by atoms with Gasteiger partial charge < -0.3 is 19.5 Å². The van der Waals surface area contributed by atoms with Crippen LogP contribution in [-0.4, -0.2) is 51.4 Å². The fourth-order valence-corrected chi connectivity index (χ4v) is 3.78. The Bertz CT molecular complexity index is 1280. The third kappa shape index (κ3) is 4.64. The molecule has 2 atom stereocenters. The van der Waals surface area contributed by atoms with Crippen LogP contribution in [0.15, 0.2) is 41.5 Å². The summed E-state index contributed by atoms with van der Waals surface area (Å²) in [7, 11) is 1.57. The van der Waals surface area contributed by atoms with Gasteiger partial charge in [-0.15, -0.1) is 0 Å². The molecule has 10 nitrogen and oxygen atoms in total.